The number of carbonyl (C=O) groups is 1. The van der Waals surface area contributed by atoms with Crippen LogP contribution in [0.15, 0.2) is 52.3 Å². The van der Waals surface area contributed by atoms with Crippen LogP contribution in [0.4, 0.5) is 5.13 Å². The molecule has 3 rings (SSSR count). The third kappa shape index (κ3) is 4.00. The number of nitrogens with one attached hydrogen (secondary N) is 1. The molecule has 7 heteroatoms. The van der Waals surface area contributed by atoms with Gasteiger partial charge in [-0.25, -0.2) is 4.98 Å². The quantitative estimate of drug-likeness (QED) is 0.643. The second kappa shape index (κ2) is 7.67. The van der Waals surface area contributed by atoms with Crippen LogP contribution < -0.4 is 14.8 Å². The molecule has 0 aliphatic carbocycles. The minimum atomic E-state index is -0.200. The minimum Gasteiger partial charge on any atom is -0.493 e. The van der Waals surface area contributed by atoms with Crippen LogP contribution in [0.1, 0.15) is 10.4 Å². The lowest BCUT2D eigenvalue weighted by Crippen LogP contribution is -2.11. The standard InChI is InChI=1S/C18H15BrN2O3S/c1-23-15-7-6-11(9-16(15)24-2)14-10-25-18(20-14)21-17(22)12-4-3-5-13(19)8-12/h3-10H,1-2H3,(H,20,21,22). The number of hydrogen-bond acceptors (Lipinski definition) is 5. The largest absolute Gasteiger partial charge is 0.493 e. The molecule has 3 aromatic rings. The molecule has 5 nitrogen and oxygen atoms in total. The van der Waals surface area contributed by atoms with Gasteiger partial charge in [0, 0.05) is 21.0 Å². The maximum absolute atomic E-state index is 12.3. The zero-order chi connectivity index (χ0) is 17.8. The van der Waals surface area contributed by atoms with Gasteiger partial charge in [0.1, 0.15) is 0 Å². The van der Waals surface area contributed by atoms with Gasteiger partial charge in [0.15, 0.2) is 16.6 Å². The van der Waals surface area contributed by atoms with Gasteiger partial charge >= 0.3 is 0 Å². The van der Waals surface area contributed by atoms with Crippen molar-refractivity contribution in [2.75, 3.05) is 19.5 Å². The van der Waals surface area contributed by atoms with Gasteiger partial charge in [-0.05, 0) is 36.4 Å². The third-order valence-electron chi connectivity index (χ3n) is 3.49. The van der Waals surface area contributed by atoms with E-state index in [1.165, 1.54) is 11.3 Å². The Morgan fingerprint density at radius 3 is 2.64 bits per heavy atom. The summed E-state index contributed by atoms with van der Waals surface area (Å²) in [6.45, 7) is 0. The molecule has 0 fully saturated rings. The Labute approximate surface area is 157 Å². The summed E-state index contributed by atoms with van der Waals surface area (Å²) in [6, 6.07) is 12.8. The van der Waals surface area contributed by atoms with Crippen LogP contribution in [0.2, 0.25) is 0 Å². The summed E-state index contributed by atoms with van der Waals surface area (Å²) in [6.07, 6.45) is 0. The lowest BCUT2D eigenvalue weighted by atomic mass is 10.1. The molecule has 0 bridgehead atoms. The number of carbonyl (C=O) groups excluding carboxylic acids is 1. The number of methoxy groups -OCH3 is 2. The van der Waals surface area contributed by atoms with Crippen molar-refractivity contribution in [2.45, 2.75) is 0 Å². The molecular weight excluding hydrogens is 404 g/mol. The van der Waals surface area contributed by atoms with Gasteiger partial charge in [-0.15, -0.1) is 11.3 Å². The molecule has 1 N–H and O–H groups in total. The lowest BCUT2D eigenvalue weighted by Gasteiger charge is -2.08. The van der Waals surface area contributed by atoms with Crippen LogP contribution in [0.3, 0.4) is 0 Å². The van der Waals surface area contributed by atoms with E-state index in [2.05, 4.69) is 26.2 Å². The molecule has 25 heavy (non-hydrogen) atoms. The van der Waals surface area contributed by atoms with E-state index < -0.39 is 0 Å². The monoisotopic (exact) mass is 418 g/mol. The van der Waals surface area contributed by atoms with Crippen LogP contribution in [-0.2, 0) is 0 Å². The Kier molecular flexibility index (Phi) is 5.35. The molecule has 0 atom stereocenters. The summed E-state index contributed by atoms with van der Waals surface area (Å²) in [7, 11) is 3.18. The summed E-state index contributed by atoms with van der Waals surface area (Å²) in [5, 5.41) is 5.24. The first-order valence-corrected chi connectivity index (χ1v) is 9.03. The molecular formula is C18H15BrN2O3S. The Morgan fingerprint density at radius 1 is 1.12 bits per heavy atom. The van der Waals surface area contributed by atoms with Gasteiger partial charge in [0.2, 0.25) is 0 Å². The Hall–Kier alpha value is -2.38. The average Bonchev–Trinajstić information content (AvgIpc) is 3.09. The highest BCUT2D eigenvalue weighted by Gasteiger charge is 2.12. The molecule has 0 aliphatic heterocycles. The molecule has 0 unspecified atom stereocenters. The number of benzene rings is 2. The van der Waals surface area contributed by atoms with E-state index in [-0.39, 0.29) is 5.91 Å². The second-order valence-corrected chi connectivity index (χ2v) is 6.85. The fourth-order valence-corrected chi connectivity index (χ4v) is 3.37. The van der Waals surface area contributed by atoms with E-state index in [4.69, 9.17) is 9.47 Å². The number of nitrogens with zero attached hydrogens (tertiary/aromatic N) is 1. The van der Waals surface area contributed by atoms with Gasteiger partial charge in [0.05, 0.1) is 19.9 Å². The normalized spacial score (nSPS) is 10.4. The first-order valence-electron chi connectivity index (χ1n) is 7.35. The number of thiazole rings is 1. The van der Waals surface area contributed by atoms with Crippen molar-refractivity contribution in [1.29, 1.82) is 0 Å². The Morgan fingerprint density at radius 2 is 1.92 bits per heavy atom. The lowest BCUT2D eigenvalue weighted by molar-refractivity contribution is 0.102. The highest BCUT2D eigenvalue weighted by molar-refractivity contribution is 9.10. The third-order valence-corrected chi connectivity index (χ3v) is 4.74. The van der Waals surface area contributed by atoms with Crippen molar-refractivity contribution < 1.29 is 14.3 Å². The number of amides is 1. The molecule has 0 saturated heterocycles. The summed E-state index contributed by atoms with van der Waals surface area (Å²) in [5.41, 5.74) is 2.21. The molecule has 2 aromatic carbocycles. The molecule has 0 saturated carbocycles. The maximum atomic E-state index is 12.3. The minimum absolute atomic E-state index is 0.200. The predicted molar refractivity (Wildman–Crippen MR) is 103 cm³/mol. The van der Waals surface area contributed by atoms with Crippen molar-refractivity contribution in [3.05, 3.63) is 57.9 Å². The van der Waals surface area contributed by atoms with Crippen molar-refractivity contribution in [1.82, 2.24) is 4.98 Å². The predicted octanol–water partition coefficient (Wildman–Crippen LogP) is 4.84. The molecule has 0 radical (unpaired) electrons. The molecule has 1 amide bonds. The first kappa shape index (κ1) is 17.4. The number of halogens is 1. The zero-order valence-electron chi connectivity index (χ0n) is 13.6. The molecule has 128 valence electrons. The molecule has 0 spiro atoms. The van der Waals surface area contributed by atoms with E-state index in [1.807, 2.05) is 35.7 Å². The van der Waals surface area contributed by atoms with Gasteiger partial charge in [-0.1, -0.05) is 22.0 Å². The number of hydrogen-bond donors (Lipinski definition) is 1. The van der Waals surface area contributed by atoms with Crippen LogP contribution in [0.5, 0.6) is 11.5 Å². The smallest absolute Gasteiger partial charge is 0.257 e. The van der Waals surface area contributed by atoms with Crippen molar-refractivity contribution >= 4 is 38.3 Å². The van der Waals surface area contributed by atoms with Gasteiger partial charge in [-0.3, -0.25) is 10.1 Å². The van der Waals surface area contributed by atoms with Crippen LogP contribution in [-0.4, -0.2) is 25.1 Å². The number of rotatable bonds is 5. The van der Waals surface area contributed by atoms with Crippen molar-refractivity contribution in [3.8, 4) is 22.8 Å². The van der Waals surface area contributed by atoms with E-state index in [1.54, 1.807) is 26.4 Å². The molecule has 0 aliphatic rings. The Balaban J connectivity index is 1.79. The number of aromatic nitrogens is 1. The number of ether oxygens (including phenoxy) is 2. The van der Waals surface area contributed by atoms with E-state index >= 15 is 0 Å². The molecule has 1 aromatic heterocycles. The summed E-state index contributed by atoms with van der Waals surface area (Å²) in [5.74, 6) is 1.09. The van der Waals surface area contributed by atoms with Gasteiger partial charge < -0.3 is 9.47 Å². The van der Waals surface area contributed by atoms with Crippen molar-refractivity contribution in [3.63, 3.8) is 0 Å². The average molecular weight is 419 g/mol. The fourth-order valence-electron chi connectivity index (χ4n) is 2.26. The van der Waals surface area contributed by atoms with Crippen LogP contribution in [0, 0.1) is 0 Å². The van der Waals surface area contributed by atoms with E-state index in [0.717, 1.165) is 15.7 Å². The van der Waals surface area contributed by atoms with Gasteiger partial charge in [-0.2, -0.15) is 0 Å². The zero-order valence-corrected chi connectivity index (χ0v) is 16.0. The summed E-state index contributed by atoms with van der Waals surface area (Å²) >= 11 is 4.73. The van der Waals surface area contributed by atoms with E-state index in [0.29, 0.717) is 22.2 Å². The summed E-state index contributed by atoms with van der Waals surface area (Å²) < 4.78 is 11.4. The second-order valence-electron chi connectivity index (χ2n) is 5.07. The highest BCUT2D eigenvalue weighted by Crippen LogP contribution is 2.33. The first-order chi connectivity index (χ1) is 12.1. The van der Waals surface area contributed by atoms with Gasteiger partial charge in [0.25, 0.3) is 5.91 Å². The molecule has 1 heterocycles. The number of anilines is 1. The highest BCUT2D eigenvalue weighted by atomic mass is 79.9. The Bertz CT molecular complexity index is 911. The summed E-state index contributed by atoms with van der Waals surface area (Å²) in [4.78, 5) is 16.8. The van der Waals surface area contributed by atoms with Crippen LogP contribution >= 0.6 is 27.3 Å². The van der Waals surface area contributed by atoms with Crippen molar-refractivity contribution in [2.24, 2.45) is 0 Å². The van der Waals surface area contributed by atoms with Crippen LogP contribution in [0.25, 0.3) is 11.3 Å². The fraction of sp³-hybridized carbons (Fsp3) is 0.111. The topological polar surface area (TPSA) is 60.5 Å². The SMILES string of the molecule is COc1ccc(-c2csc(NC(=O)c3cccc(Br)c3)n2)cc1OC. The maximum Gasteiger partial charge on any atom is 0.257 e. The van der Waals surface area contributed by atoms with E-state index in [9.17, 15) is 4.79 Å².